The van der Waals surface area contributed by atoms with Crippen molar-refractivity contribution < 1.29 is 4.74 Å². The first-order chi connectivity index (χ1) is 13.7. The number of methoxy groups -OCH3 is 1. The number of guanidine groups is 1. The van der Waals surface area contributed by atoms with Gasteiger partial charge in [-0.05, 0) is 60.4 Å². The second-order valence-corrected chi connectivity index (χ2v) is 8.24. The van der Waals surface area contributed by atoms with Crippen molar-refractivity contribution in [3.8, 4) is 5.75 Å². The summed E-state index contributed by atoms with van der Waals surface area (Å²) in [6.45, 7) is 5.37. The number of aliphatic imine (C=N–C) groups is 1. The number of ether oxygens (including phenoxy) is 1. The minimum atomic E-state index is 0. The van der Waals surface area contributed by atoms with E-state index in [9.17, 15) is 0 Å². The van der Waals surface area contributed by atoms with Crippen LogP contribution in [0.15, 0.2) is 46.8 Å². The van der Waals surface area contributed by atoms with Gasteiger partial charge in [0, 0.05) is 32.7 Å². The van der Waals surface area contributed by atoms with Crippen LogP contribution in [0.5, 0.6) is 5.75 Å². The average Bonchev–Trinajstić information content (AvgIpc) is 3.28. The summed E-state index contributed by atoms with van der Waals surface area (Å²) in [6.07, 6.45) is 3.34. The molecule has 7 heteroatoms. The molecule has 1 unspecified atom stereocenters. The fourth-order valence-electron chi connectivity index (χ4n) is 3.59. The lowest BCUT2D eigenvalue weighted by Gasteiger charge is -2.33. The topological polar surface area (TPSA) is 48.9 Å². The van der Waals surface area contributed by atoms with Crippen molar-refractivity contribution in [2.45, 2.75) is 38.1 Å². The molecule has 2 N–H and O–H groups in total. The Morgan fingerprint density at radius 1 is 1.24 bits per heavy atom. The predicted octanol–water partition coefficient (Wildman–Crippen LogP) is 4.70. The highest BCUT2D eigenvalue weighted by atomic mass is 127. The molecule has 1 aromatic carbocycles. The van der Waals surface area contributed by atoms with Crippen LogP contribution < -0.4 is 20.3 Å². The molecule has 1 saturated heterocycles. The lowest BCUT2D eigenvalue weighted by Crippen LogP contribution is -2.48. The van der Waals surface area contributed by atoms with E-state index in [1.54, 1.807) is 7.11 Å². The fraction of sp³-hybridized carbons (Fsp3) is 0.500. The molecule has 0 bridgehead atoms. The molecule has 5 nitrogen and oxygen atoms in total. The van der Waals surface area contributed by atoms with Gasteiger partial charge in [0.15, 0.2) is 5.96 Å². The Bertz CT molecular complexity index is 728. The van der Waals surface area contributed by atoms with E-state index in [1.165, 1.54) is 10.6 Å². The molecule has 1 aliphatic rings. The first-order valence-electron chi connectivity index (χ1n) is 10.1. The smallest absolute Gasteiger partial charge is 0.191 e. The van der Waals surface area contributed by atoms with Gasteiger partial charge in [-0.1, -0.05) is 19.1 Å². The van der Waals surface area contributed by atoms with E-state index in [0.29, 0.717) is 12.0 Å². The van der Waals surface area contributed by atoms with Crippen molar-refractivity contribution in [2.75, 3.05) is 38.7 Å². The molecule has 1 aromatic heterocycles. The zero-order valence-electron chi connectivity index (χ0n) is 17.6. The molecule has 29 heavy (non-hydrogen) atoms. The zero-order valence-corrected chi connectivity index (χ0v) is 20.7. The molecule has 1 atom stereocenters. The first kappa shape index (κ1) is 23.8. The summed E-state index contributed by atoms with van der Waals surface area (Å²) in [4.78, 5) is 6.89. The van der Waals surface area contributed by atoms with E-state index in [0.717, 1.165) is 50.6 Å². The number of benzene rings is 1. The van der Waals surface area contributed by atoms with Gasteiger partial charge in [-0.25, -0.2) is 0 Å². The normalized spacial score (nSPS) is 16.1. The largest absolute Gasteiger partial charge is 0.497 e. The van der Waals surface area contributed by atoms with Gasteiger partial charge >= 0.3 is 0 Å². The van der Waals surface area contributed by atoms with Crippen LogP contribution in [0.25, 0.3) is 0 Å². The van der Waals surface area contributed by atoms with Crippen LogP contribution in [-0.2, 0) is 0 Å². The molecule has 1 aliphatic heterocycles. The molecule has 0 saturated carbocycles. The van der Waals surface area contributed by atoms with Gasteiger partial charge in [0.2, 0.25) is 0 Å². The Morgan fingerprint density at radius 2 is 1.97 bits per heavy atom. The summed E-state index contributed by atoms with van der Waals surface area (Å²) in [5.74, 6) is 2.31. The van der Waals surface area contributed by atoms with E-state index >= 15 is 0 Å². The summed E-state index contributed by atoms with van der Waals surface area (Å²) in [5.41, 5.74) is 1.34. The summed E-state index contributed by atoms with van der Waals surface area (Å²) >= 11 is 1.83. The maximum Gasteiger partial charge on any atom is 0.191 e. The molecule has 2 aromatic rings. The molecular weight excluding hydrogens is 495 g/mol. The highest BCUT2D eigenvalue weighted by Crippen LogP contribution is 2.25. The van der Waals surface area contributed by atoms with Gasteiger partial charge in [0.05, 0.1) is 12.1 Å². The Kier molecular flexibility index (Phi) is 10.1. The van der Waals surface area contributed by atoms with Crippen molar-refractivity contribution >= 4 is 46.3 Å². The second kappa shape index (κ2) is 12.3. The van der Waals surface area contributed by atoms with E-state index in [-0.39, 0.29) is 24.0 Å². The molecule has 0 amide bonds. The maximum absolute atomic E-state index is 5.24. The van der Waals surface area contributed by atoms with Crippen LogP contribution in [0.3, 0.4) is 0 Å². The predicted molar refractivity (Wildman–Crippen MR) is 135 cm³/mol. The minimum Gasteiger partial charge on any atom is -0.497 e. The van der Waals surface area contributed by atoms with Crippen molar-refractivity contribution in [1.82, 2.24) is 10.6 Å². The average molecular weight is 529 g/mol. The second-order valence-electron chi connectivity index (χ2n) is 7.32. The van der Waals surface area contributed by atoms with Crippen LogP contribution in [0, 0.1) is 0 Å². The van der Waals surface area contributed by atoms with Crippen LogP contribution in [0.1, 0.15) is 37.7 Å². The summed E-state index contributed by atoms with van der Waals surface area (Å²) in [7, 11) is 3.55. The molecule has 0 aliphatic carbocycles. The SMILES string of the molecule is CN=C(NCCC(C)c1ccc(OC)cc1)NC1CCN(c2cccs2)CC1.I. The Hall–Kier alpha value is -1.48. The minimum absolute atomic E-state index is 0. The van der Waals surface area contributed by atoms with E-state index in [1.807, 2.05) is 30.5 Å². The number of anilines is 1. The molecule has 1 fully saturated rings. The molecule has 160 valence electrons. The van der Waals surface area contributed by atoms with Gasteiger partial charge < -0.3 is 20.3 Å². The Morgan fingerprint density at radius 3 is 2.55 bits per heavy atom. The Labute approximate surface area is 196 Å². The van der Waals surface area contributed by atoms with E-state index < -0.39 is 0 Å². The third kappa shape index (κ3) is 7.06. The number of rotatable bonds is 7. The number of hydrogen-bond donors (Lipinski definition) is 2. The summed E-state index contributed by atoms with van der Waals surface area (Å²) in [5, 5.41) is 10.6. The number of thiophene rings is 1. The standard InChI is InChI=1S/C22H32N4OS.HI/c1-17(18-6-8-20(27-3)9-7-18)10-13-24-22(23-2)25-19-11-14-26(15-12-19)21-5-4-16-28-21;/h4-9,16-17,19H,10-15H2,1-3H3,(H2,23,24,25);1H. The van der Waals surface area contributed by atoms with E-state index in [4.69, 9.17) is 4.74 Å². The molecular formula is C22H33IN4OS. The highest BCUT2D eigenvalue weighted by Gasteiger charge is 2.20. The number of nitrogens with one attached hydrogen (secondary N) is 2. The fourth-order valence-corrected chi connectivity index (χ4v) is 4.37. The summed E-state index contributed by atoms with van der Waals surface area (Å²) < 4.78 is 5.24. The lowest BCUT2D eigenvalue weighted by molar-refractivity contribution is 0.414. The third-order valence-electron chi connectivity index (χ3n) is 5.43. The van der Waals surface area contributed by atoms with Crippen LogP contribution in [0.2, 0.25) is 0 Å². The monoisotopic (exact) mass is 528 g/mol. The zero-order chi connectivity index (χ0) is 19.8. The number of piperidine rings is 1. The van der Waals surface area contributed by atoms with Crippen molar-refractivity contribution in [3.63, 3.8) is 0 Å². The van der Waals surface area contributed by atoms with Gasteiger partial charge in [-0.15, -0.1) is 35.3 Å². The molecule has 3 rings (SSSR count). The Balaban J connectivity index is 0.00000300. The highest BCUT2D eigenvalue weighted by molar-refractivity contribution is 14.0. The van der Waals surface area contributed by atoms with Crippen molar-refractivity contribution in [2.24, 2.45) is 4.99 Å². The van der Waals surface area contributed by atoms with Crippen LogP contribution in [0.4, 0.5) is 5.00 Å². The van der Waals surface area contributed by atoms with Crippen LogP contribution >= 0.6 is 35.3 Å². The van der Waals surface area contributed by atoms with Crippen molar-refractivity contribution in [3.05, 3.63) is 47.3 Å². The summed E-state index contributed by atoms with van der Waals surface area (Å²) in [6, 6.07) is 13.2. The first-order valence-corrected chi connectivity index (χ1v) is 11.0. The number of halogens is 1. The maximum atomic E-state index is 5.24. The third-order valence-corrected chi connectivity index (χ3v) is 6.36. The molecule has 0 radical (unpaired) electrons. The number of hydrogen-bond acceptors (Lipinski definition) is 4. The van der Waals surface area contributed by atoms with Gasteiger partial charge in [-0.2, -0.15) is 0 Å². The van der Waals surface area contributed by atoms with Gasteiger partial charge in [0.25, 0.3) is 0 Å². The van der Waals surface area contributed by atoms with Gasteiger partial charge in [-0.3, -0.25) is 4.99 Å². The quantitative estimate of drug-likeness (QED) is 0.311. The van der Waals surface area contributed by atoms with Gasteiger partial charge in [0.1, 0.15) is 5.75 Å². The van der Waals surface area contributed by atoms with Crippen molar-refractivity contribution in [1.29, 1.82) is 0 Å². The lowest BCUT2D eigenvalue weighted by atomic mass is 9.98. The van der Waals surface area contributed by atoms with Crippen LogP contribution in [-0.4, -0.2) is 45.8 Å². The van der Waals surface area contributed by atoms with E-state index in [2.05, 4.69) is 57.1 Å². The number of nitrogens with zero attached hydrogens (tertiary/aromatic N) is 2. The molecule has 0 spiro atoms. The molecule has 2 heterocycles.